The summed E-state index contributed by atoms with van der Waals surface area (Å²) < 4.78 is 38.6. The van der Waals surface area contributed by atoms with Crippen molar-refractivity contribution in [1.29, 1.82) is 0 Å². The van der Waals surface area contributed by atoms with Gasteiger partial charge in [-0.05, 0) is 244 Å². The monoisotopic (exact) mass is 1870 g/mol. The predicted molar refractivity (Wildman–Crippen MR) is 603 cm³/mol. The quantitative estimate of drug-likeness (QED) is 0.0468. The Morgan fingerprint density at radius 2 is 0.574 bits per heavy atom. The van der Waals surface area contributed by atoms with Gasteiger partial charge in [0.15, 0.2) is 11.6 Å². The second-order valence-corrected chi connectivity index (χ2v) is 41.3. The van der Waals surface area contributed by atoms with Gasteiger partial charge in [0.2, 0.25) is 5.91 Å². The highest BCUT2D eigenvalue weighted by Crippen LogP contribution is 2.46. The van der Waals surface area contributed by atoms with Gasteiger partial charge in [0, 0.05) is 84.8 Å². The van der Waals surface area contributed by atoms with E-state index in [9.17, 15) is 27.6 Å². The third kappa shape index (κ3) is 153. The van der Waals surface area contributed by atoms with E-state index in [0.29, 0.717) is 16.5 Å². The van der Waals surface area contributed by atoms with Gasteiger partial charge in [0.05, 0.1) is 42.4 Å². The Hall–Kier alpha value is -6.22. The van der Waals surface area contributed by atoms with Crippen LogP contribution >= 0.6 is 0 Å². The molecule has 7 rings (SSSR count). The zero-order valence-corrected chi connectivity index (χ0v) is 92.6. The highest BCUT2D eigenvalue weighted by atomic mass is 32.2. The lowest BCUT2D eigenvalue weighted by molar-refractivity contribution is -0.849. The maximum absolute atomic E-state index is 10.8. The number of hydrogen-bond acceptors (Lipinski definition) is 12. The molecule has 0 aliphatic heterocycles. The number of amides is 1. The van der Waals surface area contributed by atoms with Crippen molar-refractivity contribution in [3.05, 3.63) is 153 Å². The van der Waals surface area contributed by atoms with Crippen molar-refractivity contribution in [2.45, 2.75) is 326 Å². The summed E-state index contributed by atoms with van der Waals surface area (Å²) >= 11 is 0. The molecule has 4 aliphatic rings. The number of allylic oxidation sites excluding steroid dienone is 2. The van der Waals surface area contributed by atoms with Crippen LogP contribution < -0.4 is 9.47 Å². The number of methoxy groups -OCH3 is 3. The zero-order valence-electron chi connectivity index (χ0n) is 90.8. The smallest absolute Gasteiger partial charge is 0.218 e. The van der Waals surface area contributed by atoms with Crippen LogP contribution in [-0.2, 0) is 24.2 Å². The number of quaternary nitrogens is 1. The minimum Gasteiger partial charge on any atom is -0.497 e. The molecule has 0 radical (unpaired) electrons. The normalized spacial score (nSPS) is 18.5. The van der Waals surface area contributed by atoms with Crippen molar-refractivity contribution < 1.29 is 46.3 Å². The van der Waals surface area contributed by atoms with Gasteiger partial charge in [-0.25, -0.2) is 8.42 Å². The first-order chi connectivity index (χ1) is 55.0. The molecule has 0 unspecified atom stereocenters. The molecule has 0 spiro atoms. The van der Waals surface area contributed by atoms with E-state index in [1.807, 2.05) is 85.9 Å². The molecule has 4 aliphatic carbocycles. The Bertz CT molecular complexity index is 2930. The largest absolute Gasteiger partial charge is 0.497 e. The van der Waals surface area contributed by atoms with Crippen molar-refractivity contribution in [3.63, 3.8) is 0 Å². The molecule has 14 nitrogen and oxygen atoms in total. The number of benzene rings is 3. The molecule has 0 bridgehead atoms. The number of ether oxygens (including phenoxy) is 3. The number of ketones is 3. The second-order valence-electron chi connectivity index (χ2n) is 36.6. The van der Waals surface area contributed by atoms with Crippen LogP contribution in [0.3, 0.4) is 0 Å². The summed E-state index contributed by atoms with van der Waals surface area (Å²) in [4.78, 5) is 48.5. The zero-order chi connectivity index (χ0) is 100.0. The van der Waals surface area contributed by atoms with Gasteiger partial charge >= 0.3 is 0 Å². The van der Waals surface area contributed by atoms with E-state index in [0.717, 1.165) is 123 Å². The first-order valence-corrected chi connectivity index (χ1v) is 47.9. The first kappa shape index (κ1) is 179. The molecule has 4 saturated carbocycles. The fourth-order valence-electron chi connectivity index (χ4n) is 9.03. The lowest BCUT2D eigenvalue weighted by Gasteiger charge is -2.45. The molecule has 1 amide bonds. The molecule has 3 aromatic carbocycles. The summed E-state index contributed by atoms with van der Waals surface area (Å²) in [5.41, 5.74) is 9.56. The molecule has 0 saturated heterocycles. The summed E-state index contributed by atoms with van der Waals surface area (Å²) in [6.45, 7) is 94.0. The number of aliphatic imine (C=N–C) groups is 1. The van der Waals surface area contributed by atoms with Crippen molar-refractivity contribution in [3.8, 4) is 23.3 Å². The van der Waals surface area contributed by atoms with Crippen LogP contribution in [0.25, 0.3) is 0 Å². The van der Waals surface area contributed by atoms with E-state index in [4.69, 9.17) is 9.47 Å². The third-order valence-corrected chi connectivity index (χ3v) is 20.2. The number of Topliss-reactive ketones (excluding diaryl/α,β-unsaturated/α-hetero) is 3. The summed E-state index contributed by atoms with van der Waals surface area (Å²) in [6.07, 6.45) is 8.21. The fraction of sp³-hybridized carbons (Fsp3) is 0.699. The Morgan fingerprint density at radius 3 is 0.659 bits per heavy atom. The topological polar surface area (TPSA) is 161 Å². The number of rotatable bonds is 4. The molecule has 0 heterocycles. The van der Waals surface area contributed by atoms with Gasteiger partial charge in [-0.3, -0.25) is 19.4 Å². The van der Waals surface area contributed by atoms with Gasteiger partial charge in [-0.2, -0.15) is 0 Å². The van der Waals surface area contributed by atoms with E-state index in [-0.39, 0.29) is 91.3 Å². The number of carbonyl (C=O) groups is 4. The molecule has 129 heavy (non-hydrogen) atoms. The third-order valence-electron chi connectivity index (χ3n) is 19.3. The van der Waals surface area contributed by atoms with Gasteiger partial charge in [0.1, 0.15) is 35.7 Å². The predicted octanol–water partition coefficient (Wildman–Crippen LogP) is 33.0. The van der Waals surface area contributed by atoms with Crippen LogP contribution in [0.1, 0.15) is 330 Å². The maximum atomic E-state index is 10.8. The average molecular weight is 1870 g/mol. The Kier molecular flexibility index (Phi) is 154. The minimum absolute atomic E-state index is 0. The number of carbonyl (C=O) groups excluding carboxylic acids is 4. The molecule has 4 fully saturated rings. The van der Waals surface area contributed by atoms with Gasteiger partial charge in [-0.1, -0.05) is 273 Å². The van der Waals surface area contributed by atoms with Gasteiger partial charge in [-0.15, -0.1) is 51.3 Å². The van der Waals surface area contributed by atoms with Crippen LogP contribution in [0.4, 0.5) is 0 Å². The number of hydrogen-bond donors (Lipinski definition) is 0. The average Bonchev–Trinajstić information content (AvgIpc) is 1.34. The van der Waals surface area contributed by atoms with Crippen LogP contribution in [0, 0.1) is 128 Å². The summed E-state index contributed by atoms with van der Waals surface area (Å²) in [7, 11) is 25.2. The van der Waals surface area contributed by atoms with Crippen molar-refractivity contribution in [1.82, 2.24) is 9.80 Å². The fourth-order valence-corrected chi connectivity index (χ4v) is 9.03. The van der Waals surface area contributed by atoms with E-state index in [1.165, 1.54) is 87.5 Å². The van der Waals surface area contributed by atoms with Crippen LogP contribution in [0.2, 0.25) is 13.1 Å². The van der Waals surface area contributed by atoms with Crippen LogP contribution in [0.5, 0.6) is 11.5 Å². The molecule has 776 valence electrons. The van der Waals surface area contributed by atoms with Crippen molar-refractivity contribution >= 4 is 47.4 Å². The maximum Gasteiger partial charge on any atom is 0.218 e. The summed E-state index contributed by atoms with van der Waals surface area (Å²) in [6, 6.07) is 20.9. The summed E-state index contributed by atoms with van der Waals surface area (Å²) in [5, 5.41) is 0. The number of sulfone groups is 1. The van der Waals surface area contributed by atoms with Crippen molar-refractivity contribution in [2.24, 2.45) is 97.9 Å². The molecule has 0 N–H and O–H groups in total. The first-order valence-electron chi connectivity index (χ1n) is 43.2. The van der Waals surface area contributed by atoms with E-state index < -0.39 is 9.84 Å². The minimum atomic E-state index is -2.67. The Morgan fingerprint density at radius 1 is 0.434 bits per heavy atom. The Balaban J connectivity index is -0.0000000471. The second kappa shape index (κ2) is 111. The summed E-state index contributed by atoms with van der Waals surface area (Å²) in [5.74, 6) is 21.0. The molecule has 16 heteroatoms. The molecule has 3 aromatic rings. The lowest BCUT2D eigenvalue weighted by Crippen LogP contribution is -2.39. The van der Waals surface area contributed by atoms with E-state index >= 15 is 0 Å². The molecular weight excluding hydrogens is 1630 g/mol. The SMILES string of the molecule is C.C.C.C.C.C.C.C=C.C=C.C=C.CC#CC.CC(=O)N(C)C.CC(=O)c1ccc(C(C)=O)cc1.CC(C)(C)C.CC(C)=C(C)C.CC(C)=O.CC1C(C)C(C)C(C)C1C.CC1C(C)C(C)C1C.CC1C(C)C1C.CC1CCC(C)CC1.CN(C)C.CN=C(C)C.CN=[Si](C)C.COC.COc1cc(C)cc(OC)c1.CS(C)(=O)=O.C[N+](C)(C)C.Cc1ccc(C)cc1.[CH3-]. The molecule has 0 aromatic heterocycles. The highest BCUT2D eigenvalue weighted by molar-refractivity contribution is 7.89. The highest BCUT2D eigenvalue weighted by Gasteiger charge is 2.39. The van der Waals surface area contributed by atoms with Crippen LogP contribution in [-0.4, -0.2) is 179 Å². The van der Waals surface area contributed by atoms with Crippen LogP contribution in [0.15, 0.2) is 127 Å². The van der Waals surface area contributed by atoms with Crippen molar-refractivity contribution in [2.75, 3.05) is 118 Å². The number of aryl methyl sites for hydroxylation is 3. The Labute approximate surface area is 816 Å². The van der Waals surface area contributed by atoms with E-state index in [2.05, 4.69) is 297 Å². The molecular formula is C113H235N5O9SSi. The van der Waals surface area contributed by atoms with Gasteiger partial charge in [0.25, 0.3) is 0 Å². The number of nitrogens with zero attached hydrogens (tertiary/aromatic N) is 5. The molecule has 0 atom stereocenters. The lowest BCUT2D eigenvalue weighted by atomic mass is 9.60. The van der Waals surface area contributed by atoms with Gasteiger partial charge < -0.3 is 45.3 Å². The standard InChI is InChI=1S/C10H10O2.C10H20.C9H12O2.C8H16.C8H10.C8H16.2C6H12.C5H12.C4H9NO.C4H12N.C4H9N.C4H6.C3H9NSi.C3H9N.C3H6O.C2H6O2S.C2H6O.3C2H4.7CH4.CH3/c1-7(11)9-3-5-10(6-4-9)8(2)12;1-6-7(2)9(4)10(5)8(6)3;1-7-4-8(10-2)6-9(5-7)11-3;2*1-7-3-5-8(2)6-4-7;1-5-6(2)8(4)7(5)3;1-4-5(2)6(4)3;1-5(2)6(3)4;1-5(2,3)4;1-4(6)5(2)3;1-5(2,3)4;1-4(2)5-3;1-3-4-2;1-4-5(2)3;1-4(2)3;1-3(2)4;1-5(2,3)4;1-3-2;3*1-2;;;;;;;;/h3-6H,1-2H3;6-10H,1-5H3;4-6H,1-3H3;7-8H,3-6H2,1-2H3;3-6H,1-2H3;5-8H,1-4H3;4-6H,1-3H3;1-4H3;1-4H3;1-3H3;1-4H3;1-3H3;1-2H3;1-3H3;1-3H3;1-2H3;1-2H3;1-2H3;3*1-2H2;7*1H4;1H3/q;;;;;;;;;;+1;;;;;;;;;;;;;;;;;;-1. The van der Waals surface area contributed by atoms with E-state index in [1.54, 1.807) is 73.8 Å².